The van der Waals surface area contributed by atoms with E-state index in [1.165, 1.54) is 0 Å². The molecule has 2 amide bonds. The van der Waals surface area contributed by atoms with E-state index in [1.54, 1.807) is 4.90 Å². The minimum atomic E-state index is -0.606. The molecule has 1 N–H and O–H groups in total. The fraction of sp³-hybridized carbons (Fsp3) is 0.360. The van der Waals surface area contributed by atoms with Crippen molar-refractivity contribution in [3.05, 3.63) is 71.4 Å². The number of benzene rings is 2. The Labute approximate surface area is 181 Å². The fourth-order valence-corrected chi connectivity index (χ4v) is 4.94. The lowest BCUT2D eigenvalue weighted by atomic mass is 9.97. The SMILES string of the molecule is C[C@H](C(=O)NC[C@@H]1CCCO1)N1C(=O)c2ccccc2[C@H]1c1cn(C)c2ccccc12. The summed E-state index contributed by atoms with van der Waals surface area (Å²) in [4.78, 5) is 28.2. The summed E-state index contributed by atoms with van der Waals surface area (Å²) >= 11 is 0. The van der Waals surface area contributed by atoms with Gasteiger partial charge >= 0.3 is 0 Å². The van der Waals surface area contributed by atoms with Crippen LogP contribution in [0.15, 0.2) is 54.7 Å². The molecule has 0 radical (unpaired) electrons. The van der Waals surface area contributed by atoms with Gasteiger partial charge in [0.05, 0.1) is 12.1 Å². The van der Waals surface area contributed by atoms with Crippen molar-refractivity contribution in [2.24, 2.45) is 7.05 Å². The Kier molecular flexibility index (Phi) is 5.02. The van der Waals surface area contributed by atoms with E-state index in [9.17, 15) is 9.59 Å². The number of ether oxygens (including phenoxy) is 1. The number of hydrogen-bond acceptors (Lipinski definition) is 3. The molecule has 31 heavy (non-hydrogen) atoms. The molecule has 0 unspecified atom stereocenters. The number of hydrogen-bond donors (Lipinski definition) is 1. The van der Waals surface area contributed by atoms with Crippen molar-refractivity contribution >= 4 is 22.7 Å². The summed E-state index contributed by atoms with van der Waals surface area (Å²) in [6, 6.07) is 14.9. The van der Waals surface area contributed by atoms with Crippen molar-refractivity contribution in [3.63, 3.8) is 0 Å². The van der Waals surface area contributed by atoms with E-state index in [-0.39, 0.29) is 24.0 Å². The van der Waals surface area contributed by atoms with Gasteiger partial charge in [0.15, 0.2) is 0 Å². The molecule has 0 spiro atoms. The van der Waals surface area contributed by atoms with Crippen LogP contribution in [0.5, 0.6) is 0 Å². The second-order valence-corrected chi connectivity index (χ2v) is 8.47. The molecule has 2 aliphatic rings. The lowest BCUT2D eigenvalue weighted by Crippen LogP contribution is -2.48. The van der Waals surface area contributed by atoms with Gasteiger partial charge in [-0.2, -0.15) is 0 Å². The van der Waals surface area contributed by atoms with Gasteiger partial charge in [0.2, 0.25) is 5.91 Å². The molecule has 1 fully saturated rings. The normalized spacial score (nSPS) is 21.5. The zero-order valence-electron chi connectivity index (χ0n) is 17.9. The van der Waals surface area contributed by atoms with Crippen molar-refractivity contribution in [1.82, 2.24) is 14.8 Å². The number of nitrogens with zero attached hydrogens (tertiary/aromatic N) is 2. The molecule has 6 heteroatoms. The molecule has 2 aromatic carbocycles. The molecule has 1 aromatic heterocycles. The van der Waals surface area contributed by atoms with Crippen LogP contribution in [0.4, 0.5) is 0 Å². The van der Waals surface area contributed by atoms with Crippen molar-refractivity contribution in [2.75, 3.05) is 13.2 Å². The third-order valence-electron chi connectivity index (χ3n) is 6.55. The molecular formula is C25H27N3O3. The number of carbonyl (C=O) groups is 2. The van der Waals surface area contributed by atoms with Crippen molar-refractivity contribution in [3.8, 4) is 0 Å². The first-order valence-electron chi connectivity index (χ1n) is 10.9. The van der Waals surface area contributed by atoms with E-state index in [4.69, 9.17) is 4.74 Å². The predicted octanol–water partition coefficient (Wildman–Crippen LogP) is 3.41. The topological polar surface area (TPSA) is 63.6 Å². The van der Waals surface area contributed by atoms with E-state index >= 15 is 0 Å². The Balaban J connectivity index is 1.52. The highest BCUT2D eigenvalue weighted by molar-refractivity contribution is 6.03. The lowest BCUT2D eigenvalue weighted by molar-refractivity contribution is -0.126. The second-order valence-electron chi connectivity index (χ2n) is 8.47. The summed E-state index contributed by atoms with van der Waals surface area (Å²) in [5.41, 5.74) is 3.75. The number of aryl methyl sites for hydroxylation is 1. The van der Waals surface area contributed by atoms with Gasteiger partial charge in [-0.1, -0.05) is 36.4 Å². The van der Waals surface area contributed by atoms with Crippen LogP contribution in [0.3, 0.4) is 0 Å². The van der Waals surface area contributed by atoms with Crippen LogP contribution >= 0.6 is 0 Å². The van der Waals surface area contributed by atoms with Crippen LogP contribution < -0.4 is 5.32 Å². The smallest absolute Gasteiger partial charge is 0.255 e. The lowest BCUT2D eigenvalue weighted by Gasteiger charge is -2.31. The minimum absolute atomic E-state index is 0.0662. The molecule has 0 bridgehead atoms. The maximum absolute atomic E-state index is 13.4. The average Bonchev–Trinajstić information content (AvgIpc) is 3.49. The van der Waals surface area contributed by atoms with Gasteiger partial charge in [-0.15, -0.1) is 0 Å². The maximum Gasteiger partial charge on any atom is 0.255 e. The summed E-state index contributed by atoms with van der Waals surface area (Å²) < 4.78 is 7.70. The van der Waals surface area contributed by atoms with Crippen molar-refractivity contribution in [1.29, 1.82) is 0 Å². The maximum atomic E-state index is 13.4. The average molecular weight is 418 g/mol. The standard InChI is InChI=1S/C25H27N3O3/c1-16(24(29)26-14-17-8-7-13-31-17)28-23(19-10-3-4-11-20(19)25(28)30)21-15-27(2)22-12-6-5-9-18(21)22/h3-6,9-12,15-17,23H,7-8,13-14H2,1-2H3,(H,26,29)/t16-,17+,23+/m1/s1. The molecule has 2 aliphatic heterocycles. The fourth-order valence-electron chi connectivity index (χ4n) is 4.94. The number of rotatable bonds is 5. The third-order valence-corrected chi connectivity index (χ3v) is 6.55. The van der Waals surface area contributed by atoms with Gasteiger partial charge in [0, 0.05) is 48.4 Å². The molecule has 160 valence electrons. The van der Waals surface area contributed by atoms with Crippen LogP contribution in [0.2, 0.25) is 0 Å². The third kappa shape index (κ3) is 3.31. The summed E-state index contributed by atoms with van der Waals surface area (Å²) in [6.45, 7) is 3.04. The molecule has 0 aliphatic carbocycles. The first kappa shape index (κ1) is 19.8. The highest BCUT2D eigenvalue weighted by Crippen LogP contribution is 2.42. The molecule has 0 saturated carbocycles. The predicted molar refractivity (Wildman–Crippen MR) is 119 cm³/mol. The van der Waals surface area contributed by atoms with E-state index in [0.29, 0.717) is 12.1 Å². The minimum Gasteiger partial charge on any atom is -0.376 e. The van der Waals surface area contributed by atoms with Gasteiger partial charge in [-0.25, -0.2) is 0 Å². The first-order valence-corrected chi connectivity index (χ1v) is 10.9. The molecule has 5 rings (SSSR count). The Bertz CT molecular complexity index is 1150. The second kappa shape index (κ2) is 7.85. The Morgan fingerprint density at radius 2 is 1.94 bits per heavy atom. The Morgan fingerprint density at radius 1 is 1.16 bits per heavy atom. The molecule has 3 heterocycles. The number of amides is 2. The van der Waals surface area contributed by atoms with Gasteiger partial charge in [0.1, 0.15) is 6.04 Å². The molecule has 3 aromatic rings. The number of carbonyl (C=O) groups excluding carboxylic acids is 2. The van der Waals surface area contributed by atoms with Gasteiger partial charge < -0.3 is 19.5 Å². The van der Waals surface area contributed by atoms with Crippen LogP contribution in [-0.2, 0) is 16.6 Å². The molecule has 1 saturated heterocycles. The first-order chi connectivity index (χ1) is 15.1. The molecule has 3 atom stereocenters. The Morgan fingerprint density at radius 3 is 2.74 bits per heavy atom. The van der Waals surface area contributed by atoms with Crippen LogP contribution in [-0.4, -0.2) is 46.6 Å². The van der Waals surface area contributed by atoms with Crippen molar-refractivity contribution < 1.29 is 14.3 Å². The summed E-state index contributed by atoms with van der Waals surface area (Å²) in [5, 5.41) is 4.09. The van der Waals surface area contributed by atoms with E-state index in [0.717, 1.165) is 41.5 Å². The monoisotopic (exact) mass is 417 g/mol. The summed E-state index contributed by atoms with van der Waals surface area (Å²) in [5.74, 6) is -0.254. The van der Waals surface area contributed by atoms with Gasteiger partial charge in [-0.05, 0) is 37.5 Å². The molecule has 6 nitrogen and oxygen atoms in total. The van der Waals surface area contributed by atoms with Gasteiger partial charge in [0.25, 0.3) is 5.91 Å². The van der Waals surface area contributed by atoms with E-state index in [2.05, 4.69) is 28.2 Å². The highest BCUT2D eigenvalue weighted by atomic mass is 16.5. The van der Waals surface area contributed by atoms with Crippen LogP contribution in [0.1, 0.15) is 47.3 Å². The summed E-state index contributed by atoms with van der Waals surface area (Å²) in [6.07, 6.45) is 4.13. The van der Waals surface area contributed by atoms with Gasteiger partial charge in [-0.3, -0.25) is 9.59 Å². The number of nitrogens with one attached hydrogen (secondary N) is 1. The zero-order valence-corrected chi connectivity index (χ0v) is 17.9. The zero-order chi connectivity index (χ0) is 21.5. The largest absolute Gasteiger partial charge is 0.376 e. The van der Waals surface area contributed by atoms with Crippen LogP contribution in [0, 0.1) is 0 Å². The molecular weight excluding hydrogens is 390 g/mol. The highest BCUT2D eigenvalue weighted by Gasteiger charge is 2.43. The quantitative estimate of drug-likeness (QED) is 0.692. The summed E-state index contributed by atoms with van der Waals surface area (Å²) in [7, 11) is 2.01. The Hall–Kier alpha value is -3.12. The number of aromatic nitrogens is 1. The van der Waals surface area contributed by atoms with E-state index < -0.39 is 6.04 Å². The number of para-hydroxylation sites is 1. The van der Waals surface area contributed by atoms with Crippen LogP contribution in [0.25, 0.3) is 10.9 Å². The van der Waals surface area contributed by atoms with Crippen molar-refractivity contribution in [2.45, 2.75) is 38.0 Å². The number of fused-ring (bicyclic) bond motifs is 2. The van der Waals surface area contributed by atoms with E-state index in [1.807, 2.05) is 50.4 Å².